The third kappa shape index (κ3) is 4.56. The van der Waals surface area contributed by atoms with Crippen molar-refractivity contribution in [3.63, 3.8) is 0 Å². The van der Waals surface area contributed by atoms with Gasteiger partial charge in [-0.05, 0) is 57.1 Å². The fraction of sp³-hybridized carbons (Fsp3) is 0.391. The van der Waals surface area contributed by atoms with Gasteiger partial charge in [-0.1, -0.05) is 0 Å². The topological polar surface area (TPSA) is 116 Å². The van der Waals surface area contributed by atoms with Crippen molar-refractivity contribution in [2.75, 3.05) is 36.8 Å². The minimum atomic E-state index is 0.332. The van der Waals surface area contributed by atoms with Crippen LogP contribution in [-0.4, -0.2) is 52.0 Å². The number of anilines is 3. The lowest BCUT2D eigenvalue weighted by atomic mass is 10.1. The molecule has 2 aromatic heterocycles. The first-order chi connectivity index (χ1) is 15.8. The lowest BCUT2D eigenvalue weighted by Gasteiger charge is -2.22. The summed E-state index contributed by atoms with van der Waals surface area (Å²) in [7, 11) is 0. The van der Waals surface area contributed by atoms with Gasteiger partial charge in [0.1, 0.15) is 6.07 Å². The van der Waals surface area contributed by atoms with Crippen LogP contribution in [0.2, 0.25) is 0 Å². The molecule has 0 unspecified atom stereocenters. The maximum atomic E-state index is 9.44. The summed E-state index contributed by atoms with van der Waals surface area (Å²) < 4.78 is 2.06. The van der Waals surface area contributed by atoms with Crippen molar-refractivity contribution in [2.24, 2.45) is 0 Å². The summed E-state index contributed by atoms with van der Waals surface area (Å²) in [5.41, 5.74) is 4.25. The Balaban J connectivity index is 1.27. The maximum Gasteiger partial charge on any atom is 0.227 e. The van der Waals surface area contributed by atoms with Crippen LogP contribution >= 0.6 is 0 Å². The van der Waals surface area contributed by atoms with Crippen molar-refractivity contribution in [1.29, 1.82) is 5.26 Å². The number of hydrogen-bond donors (Lipinski definition) is 4. The molecule has 0 aliphatic carbocycles. The average molecular weight is 430 g/mol. The van der Waals surface area contributed by atoms with Gasteiger partial charge in [0.15, 0.2) is 0 Å². The number of aromatic nitrogens is 4. The van der Waals surface area contributed by atoms with Crippen LogP contribution in [0.15, 0.2) is 43.0 Å². The van der Waals surface area contributed by atoms with Crippen molar-refractivity contribution < 1.29 is 0 Å². The quantitative estimate of drug-likeness (QED) is 0.473. The number of benzene rings is 1. The summed E-state index contributed by atoms with van der Waals surface area (Å²) in [6.07, 6.45) is 10.8. The molecule has 2 aliphatic rings. The SMILES string of the molecule is N#Cc1ccc(Nc2ncc(-c3cnn(C4CCNCC4)c3)cn2)cc1N[C@H]1CCNC1. The highest BCUT2D eigenvalue weighted by Gasteiger charge is 2.17. The Morgan fingerprint density at radius 3 is 2.56 bits per heavy atom. The van der Waals surface area contributed by atoms with Gasteiger partial charge < -0.3 is 21.3 Å². The van der Waals surface area contributed by atoms with Crippen LogP contribution in [0.25, 0.3) is 11.1 Å². The first-order valence-corrected chi connectivity index (χ1v) is 11.1. The highest BCUT2D eigenvalue weighted by Crippen LogP contribution is 2.26. The van der Waals surface area contributed by atoms with Gasteiger partial charge >= 0.3 is 0 Å². The molecule has 0 saturated carbocycles. The van der Waals surface area contributed by atoms with E-state index in [0.29, 0.717) is 23.6 Å². The van der Waals surface area contributed by atoms with E-state index >= 15 is 0 Å². The normalized spacial score (nSPS) is 18.9. The molecule has 9 heteroatoms. The maximum absolute atomic E-state index is 9.44. The first kappa shape index (κ1) is 20.4. The molecule has 32 heavy (non-hydrogen) atoms. The molecular weight excluding hydrogens is 402 g/mol. The van der Waals surface area contributed by atoms with Crippen molar-refractivity contribution in [3.05, 3.63) is 48.5 Å². The first-order valence-electron chi connectivity index (χ1n) is 11.1. The Morgan fingerprint density at radius 1 is 1.00 bits per heavy atom. The van der Waals surface area contributed by atoms with Gasteiger partial charge in [0, 0.05) is 48.0 Å². The van der Waals surface area contributed by atoms with Crippen LogP contribution in [0, 0.1) is 11.3 Å². The minimum absolute atomic E-state index is 0.332. The summed E-state index contributed by atoms with van der Waals surface area (Å²) in [6, 6.07) is 8.67. The van der Waals surface area contributed by atoms with Crippen molar-refractivity contribution in [3.8, 4) is 17.2 Å². The number of hydrogen-bond acceptors (Lipinski definition) is 8. The third-order valence-electron chi connectivity index (χ3n) is 6.09. The summed E-state index contributed by atoms with van der Waals surface area (Å²) in [5, 5.41) is 27.4. The van der Waals surface area contributed by atoms with E-state index in [1.807, 2.05) is 36.8 Å². The molecule has 4 heterocycles. The molecule has 4 N–H and O–H groups in total. The Kier molecular flexibility index (Phi) is 5.96. The standard InChI is InChI=1S/C23H27N9/c24-10-16-1-2-19(9-22(16)30-20-3-6-26-14-20)31-23-27-11-17(12-28-23)18-13-29-32(15-18)21-4-7-25-8-5-21/h1-2,9,11-13,15,20-21,25-26,30H,3-8,14H2,(H,27,28,31)/t20-/m0/s1. The molecule has 0 spiro atoms. The summed E-state index contributed by atoms with van der Waals surface area (Å²) in [4.78, 5) is 8.97. The van der Waals surface area contributed by atoms with Crippen molar-refractivity contribution in [2.45, 2.75) is 31.3 Å². The predicted molar refractivity (Wildman–Crippen MR) is 124 cm³/mol. The molecule has 3 aromatic rings. The molecule has 1 aromatic carbocycles. The largest absolute Gasteiger partial charge is 0.380 e. The lowest BCUT2D eigenvalue weighted by molar-refractivity contribution is 0.343. The molecule has 164 valence electrons. The Bertz CT molecular complexity index is 1090. The van der Waals surface area contributed by atoms with Crippen LogP contribution in [0.3, 0.4) is 0 Å². The minimum Gasteiger partial charge on any atom is -0.380 e. The second-order valence-electron chi connectivity index (χ2n) is 8.32. The molecule has 0 bridgehead atoms. The third-order valence-corrected chi connectivity index (χ3v) is 6.09. The van der Waals surface area contributed by atoms with Crippen LogP contribution in [-0.2, 0) is 0 Å². The van der Waals surface area contributed by atoms with Crippen LogP contribution in [0.4, 0.5) is 17.3 Å². The Hall–Kier alpha value is -3.48. The molecule has 2 aliphatic heterocycles. The van der Waals surface area contributed by atoms with Gasteiger partial charge in [0.05, 0.1) is 23.5 Å². The molecular formula is C23H27N9. The van der Waals surface area contributed by atoms with Gasteiger partial charge in [-0.2, -0.15) is 10.4 Å². The number of nitrogens with one attached hydrogen (secondary N) is 4. The lowest BCUT2D eigenvalue weighted by Crippen LogP contribution is -2.29. The van der Waals surface area contributed by atoms with E-state index in [0.717, 1.165) is 67.9 Å². The second-order valence-corrected chi connectivity index (χ2v) is 8.32. The number of nitrogens with zero attached hydrogens (tertiary/aromatic N) is 5. The van der Waals surface area contributed by atoms with Gasteiger partial charge in [-0.3, -0.25) is 4.68 Å². The predicted octanol–water partition coefficient (Wildman–Crippen LogP) is 2.65. The fourth-order valence-corrected chi connectivity index (χ4v) is 4.27. The summed E-state index contributed by atoms with van der Waals surface area (Å²) in [5.74, 6) is 0.512. The zero-order chi connectivity index (χ0) is 21.8. The fourth-order valence-electron chi connectivity index (χ4n) is 4.27. The number of rotatable bonds is 6. The van der Waals surface area contributed by atoms with Gasteiger partial charge in [-0.25, -0.2) is 9.97 Å². The van der Waals surface area contributed by atoms with E-state index in [1.165, 1.54) is 0 Å². The van der Waals surface area contributed by atoms with E-state index in [-0.39, 0.29) is 0 Å². The molecule has 2 fully saturated rings. The van der Waals surface area contributed by atoms with Crippen LogP contribution in [0.1, 0.15) is 30.9 Å². The zero-order valence-corrected chi connectivity index (χ0v) is 17.9. The summed E-state index contributed by atoms with van der Waals surface area (Å²) in [6.45, 7) is 3.97. The average Bonchev–Trinajstić information content (AvgIpc) is 3.53. The molecule has 9 nitrogen and oxygen atoms in total. The van der Waals surface area contributed by atoms with Gasteiger partial charge in [-0.15, -0.1) is 0 Å². The molecule has 2 saturated heterocycles. The Morgan fingerprint density at radius 2 is 1.81 bits per heavy atom. The van der Waals surface area contributed by atoms with E-state index < -0.39 is 0 Å². The monoisotopic (exact) mass is 429 g/mol. The number of piperidine rings is 1. The number of nitriles is 1. The highest BCUT2D eigenvalue weighted by molar-refractivity contribution is 5.68. The van der Waals surface area contributed by atoms with Gasteiger partial charge in [0.2, 0.25) is 5.95 Å². The molecule has 5 rings (SSSR count). The molecule has 0 amide bonds. The highest BCUT2D eigenvalue weighted by atomic mass is 15.3. The summed E-state index contributed by atoms with van der Waals surface area (Å²) >= 11 is 0. The van der Waals surface area contributed by atoms with E-state index in [1.54, 1.807) is 0 Å². The zero-order valence-electron chi connectivity index (χ0n) is 17.9. The van der Waals surface area contributed by atoms with Crippen molar-refractivity contribution in [1.82, 2.24) is 30.4 Å². The van der Waals surface area contributed by atoms with E-state index in [9.17, 15) is 5.26 Å². The Labute approximate surface area is 187 Å². The smallest absolute Gasteiger partial charge is 0.227 e. The van der Waals surface area contributed by atoms with E-state index in [4.69, 9.17) is 0 Å². The van der Waals surface area contributed by atoms with Crippen LogP contribution < -0.4 is 21.3 Å². The molecule has 1 atom stereocenters. The second kappa shape index (κ2) is 9.34. The van der Waals surface area contributed by atoms with Gasteiger partial charge in [0.25, 0.3) is 0 Å². The van der Waals surface area contributed by atoms with Crippen LogP contribution in [0.5, 0.6) is 0 Å². The van der Waals surface area contributed by atoms with E-state index in [2.05, 4.69) is 53.3 Å². The van der Waals surface area contributed by atoms with Crippen molar-refractivity contribution >= 4 is 17.3 Å². The molecule has 0 radical (unpaired) electrons.